The van der Waals surface area contributed by atoms with Crippen molar-refractivity contribution in [3.63, 3.8) is 0 Å². The lowest BCUT2D eigenvalue weighted by atomic mass is 11.6. The molecule has 0 heterocycles. The molecule has 0 bridgehead atoms. The molecule has 0 aromatic rings. The van der Waals surface area contributed by atoms with Gasteiger partial charge in [0, 0.05) is 11.6 Å². The molecule has 62 valence electrons. The number of rotatable bonds is 1. The van der Waals surface area contributed by atoms with Crippen molar-refractivity contribution >= 4 is 38.7 Å². The molecule has 0 aliphatic rings. The fraction of sp³-hybridized carbons (Fsp3) is 0.500. The van der Waals surface area contributed by atoms with E-state index in [9.17, 15) is 8.42 Å². The van der Waals surface area contributed by atoms with E-state index in [2.05, 4.69) is 23.2 Å². The first-order valence-electron chi connectivity index (χ1n) is 1.69. The first kappa shape index (κ1) is 12.6. The van der Waals surface area contributed by atoms with Crippen molar-refractivity contribution in [2.24, 2.45) is 0 Å². The summed E-state index contributed by atoms with van der Waals surface area (Å²) < 4.78 is 26.5. The van der Waals surface area contributed by atoms with Gasteiger partial charge < -0.3 is 5.11 Å². The summed E-state index contributed by atoms with van der Waals surface area (Å²) in [5.41, 5.74) is -1.36. The van der Waals surface area contributed by atoms with Gasteiger partial charge >= 0.3 is 5.43 Å². The number of halogens is 2. The molecule has 2 N–H and O–H groups in total. The number of alkyl halides is 1. The van der Waals surface area contributed by atoms with Gasteiger partial charge in [-0.2, -0.15) is 8.42 Å². The Hall–Kier alpha value is -0.0400. The molecule has 8 heteroatoms. The maximum absolute atomic E-state index is 9.42. The highest BCUT2D eigenvalue weighted by Crippen LogP contribution is 1.82. The standard InChI is InChI=1S/CH3ClO3S.CHClO2/c2-1-6(3,4)5;2-1(3)4/h1H2,(H,3,4,5);(H,3,4). The largest absolute Gasteiger partial charge is 0.469 e. The third kappa shape index (κ3) is 44.0. The van der Waals surface area contributed by atoms with Crippen LogP contribution in [-0.4, -0.2) is 28.7 Å². The number of hydrogen-bond acceptors (Lipinski definition) is 3. The third-order valence-electron chi connectivity index (χ3n) is 0.138. The second-order valence-corrected chi connectivity index (χ2v) is 3.30. The average Bonchev–Trinajstić information content (AvgIpc) is 1.63. The van der Waals surface area contributed by atoms with Gasteiger partial charge in [-0.15, -0.1) is 11.6 Å². The molecule has 5 nitrogen and oxygen atoms in total. The van der Waals surface area contributed by atoms with Crippen LogP contribution in [0, 0.1) is 0 Å². The van der Waals surface area contributed by atoms with E-state index in [0.717, 1.165) is 0 Å². The van der Waals surface area contributed by atoms with Gasteiger partial charge in [-0.05, 0) is 0 Å². The summed E-state index contributed by atoms with van der Waals surface area (Å²) in [5, 5.41) is 6.45. The van der Waals surface area contributed by atoms with Gasteiger partial charge in [0.05, 0.1) is 0 Å². The van der Waals surface area contributed by atoms with Gasteiger partial charge in [0.2, 0.25) is 0 Å². The molecule has 0 amide bonds. The monoisotopic (exact) mass is 210 g/mol. The molecule has 0 aliphatic carbocycles. The SMILES string of the molecule is O=C(O)Cl.O=S(=O)(O)CCl. The molecule has 0 radical (unpaired) electrons. The quantitative estimate of drug-likeness (QED) is 0.383. The summed E-state index contributed by atoms with van der Waals surface area (Å²) in [4.78, 5) is 8.77. The van der Waals surface area contributed by atoms with Gasteiger partial charge in [-0.25, -0.2) is 4.79 Å². The first-order chi connectivity index (χ1) is 4.29. The summed E-state index contributed by atoms with van der Waals surface area (Å²) in [5.74, 6) is 0. The molecule has 0 spiro atoms. The van der Waals surface area contributed by atoms with E-state index in [1.165, 1.54) is 0 Å². The Balaban J connectivity index is 0. The smallest absolute Gasteiger partial charge is 0.401 e. The molecular weight excluding hydrogens is 207 g/mol. The van der Waals surface area contributed by atoms with Crippen molar-refractivity contribution in [2.75, 3.05) is 5.21 Å². The van der Waals surface area contributed by atoms with Crippen LogP contribution in [0.15, 0.2) is 0 Å². The predicted molar refractivity (Wildman–Crippen MR) is 36.1 cm³/mol. The molecule has 10 heavy (non-hydrogen) atoms. The molecule has 0 fully saturated rings. The van der Waals surface area contributed by atoms with Crippen molar-refractivity contribution < 1.29 is 22.9 Å². The molecular formula is C2H4Cl2O5S. The van der Waals surface area contributed by atoms with Gasteiger partial charge in [-0.1, -0.05) is 0 Å². The summed E-state index contributed by atoms with van der Waals surface area (Å²) in [7, 11) is -3.90. The Labute approximate surface area is 67.3 Å². The molecule has 0 atom stereocenters. The lowest BCUT2D eigenvalue weighted by molar-refractivity contribution is 0.220. The molecule has 0 saturated carbocycles. The maximum atomic E-state index is 9.42. The van der Waals surface area contributed by atoms with E-state index in [4.69, 9.17) is 14.5 Å². The third-order valence-corrected chi connectivity index (χ3v) is 1.24. The normalized spacial score (nSPS) is 9.50. The van der Waals surface area contributed by atoms with Crippen molar-refractivity contribution in [1.29, 1.82) is 0 Å². The zero-order chi connectivity index (χ0) is 8.78. The van der Waals surface area contributed by atoms with E-state index in [1.54, 1.807) is 0 Å². The van der Waals surface area contributed by atoms with E-state index >= 15 is 0 Å². The van der Waals surface area contributed by atoms with Crippen LogP contribution in [0.1, 0.15) is 0 Å². The van der Waals surface area contributed by atoms with Crippen LogP contribution in [0.2, 0.25) is 0 Å². The predicted octanol–water partition coefficient (Wildman–Crippen LogP) is 0.974. The van der Waals surface area contributed by atoms with E-state index in [0.29, 0.717) is 0 Å². The Morgan fingerprint density at radius 3 is 1.60 bits per heavy atom. The maximum Gasteiger partial charge on any atom is 0.401 e. The first-order valence-corrected chi connectivity index (χ1v) is 4.21. The molecule has 0 unspecified atom stereocenters. The number of carboxylic acid groups (broad SMARTS) is 1. The van der Waals surface area contributed by atoms with Crippen LogP contribution < -0.4 is 0 Å². The lowest BCUT2D eigenvalue weighted by Gasteiger charge is -1.78. The van der Waals surface area contributed by atoms with Crippen LogP contribution in [0.5, 0.6) is 0 Å². The Morgan fingerprint density at radius 1 is 1.50 bits per heavy atom. The lowest BCUT2D eigenvalue weighted by Crippen LogP contribution is -1.95. The van der Waals surface area contributed by atoms with E-state index in [1.807, 2.05) is 0 Å². The van der Waals surface area contributed by atoms with Crippen LogP contribution in [0.25, 0.3) is 0 Å². The van der Waals surface area contributed by atoms with Gasteiger partial charge in [-0.3, -0.25) is 4.55 Å². The highest BCUT2D eigenvalue weighted by molar-refractivity contribution is 7.87. The van der Waals surface area contributed by atoms with Gasteiger partial charge in [0.1, 0.15) is 5.21 Å². The average molecular weight is 211 g/mol. The molecule has 0 aromatic heterocycles. The fourth-order valence-electron chi connectivity index (χ4n) is 0. The van der Waals surface area contributed by atoms with E-state index in [-0.39, 0.29) is 0 Å². The molecule has 0 saturated heterocycles. The minimum absolute atomic E-state index is 0.729. The van der Waals surface area contributed by atoms with Crippen molar-refractivity contribution in [2.45, 2.75) is 0 Å². The van der Waals surface area contributed by atoms with Crippen LogP contribution in [0.3, 0.4) is 0 Å². The minimum Gasteiger partial charge on any atom is -0.469 e. The Morgan fingerprint density at radius 2 is 1.60 bits per heavy atom. The van der Waals surface area contributed by atoms with Crippen molar-refractivity contribution in [3.8, 4) is 0 Å². The van der Waals surface area contributed by atoms with Crippen LogP contribution in [-0.2, 0) is 10.1 Å². The van der Waals surface area contributed by atoms with Gasteiger partial charge in [0.25, 0.3) is 10.1 Å². The molecule has 0 rings (SSSR count). The second-order valence-electron chi connectivity index (χ2n) is 0.944. The summed E-state index contributed by atoms with van der Waals surface area (Å²) in [6.07, 6.45) is 0. The topological polar surface area (TPSA) is 91.7 Å². The second kappa shape index (κ2) is 5.72. The number of hydrogen-bond donors (Lipinski definition) is 2. The molecule has 0 aliphatic heterocycles. The minimum atomic E-state index is -3.90. The summed E-state index contributed by atoms with van der Waals surface area (Å²) in [6, 6.07) is 0. The molecule has 0 aromatic carbocycles. The summed E-state index contributed by atoms with van der Waals surface area (Å²) in [6.45, 7) is 0. The summed E-state index contributed by atoms with van der Waals surface area (Å²) >= 11 is 8.83. The van der Waals surface area contributed by atoms with Crippen molar-refractivity contribution in [3.05, 3.63) is 0 Å². The highest BCUT2D eigenvalue weighted by atomic mass is 35.5. The van der Waals surface area contributed by atoms with E-state index < -0.39 is 20.8 Å². The zero-order valence-corrected chi connectivity index (χ0v) is 6.82. The van der Waals surface area contributed by atoms with Crippen molar-refractivity contribution in [1.82, 2.24) is 0 Å². The Kier molecular flexibility index (Phi) is 7.22. The van der Waals surface area contributed by atoms with Gasteiger partial charge in [0.15, 0.2) is 0 Å². The van der Waals surface area contributed by atoms with Crippen LogP contribution in [0.4, 0.5) is 4.79 Å². The fourth-order valence-corrected chi connectivity index (χ4v) is 0. The Bertz CT molecular complexity index is 180. The number of carbonyl (C=O) groups is 1. The van der Waals surface area contributed by atoms with Crippen LogP contribution >= 0.6 is 23.2 Å². The highest BCUT2D eigenvalue weighted by Gasteiger charge is 1.95. The zero-order valence-electron chi connectivity index (χ0n) is 4.49.